The molecule has 8 nitrogen and oxygen atoms in total. The van der Waals surface area contributed by atoms with Gasteiger partial charge in [-0.25, -0.2) is 4.79 Å². The Balaban J connectivity index is 1.66. The van der Waals surface area contributed by atoms with Gasteiger partial charge in [-0.2, -0.15) is 0 Å². The van der Waals surface area contributed by atoms with Crippen molar-refractivity contribution in [3.8, 4) is 0 Å². The highest BCUT2D eigenvalue weighted by Crippen LogP contribution is 2.29. The molecule has 1 aliphatic rings. The maximum Gasteiger partial charge on any atom is 0.330 e. The van der Waals surface area contributed by atoms with Crippen LogP contribution in [0.3, 0.4) is 0 Å². The Morgan fingerprint density at radius 3 is 2.53 bits per heavy atom. The lowest BCUT2D eigenvalue weighted by molar-refractivity contribution is -0.120. The van der Waals surface area contributed by atoms with Crippen LogP contribution in [0.15, 0.2) is 57.4 Å². The zero-order chi connectivity index (χ0) is 24.2. The fraction of sp³-hybridized carbons (Fsp3) is 0.400. The standard InChI is InChI=1S/C25H31N5O3S/c1-17(2)13-29(21(31)16-28(19-10-11-19)15-20-9-6-12-34-20)22-23(26)30(25(33)27-24(22)32)14-18-7-4-3-5-8-18/h3-9,12,17,19H,10-11,13-16,26H2,1-2H3,(H,27,32,33). The second-order valence-electron chi connectivity index (χ2n) is 9.18. The van der Waals surface area contributed by atoms with E-state index < -0.39 is 11.2 Å². The highest BCUT2D eigenvalue weighted by Gasteiger charge is 2.33. The number of nitrogens with two attached hydrogens (primary N) is 1. The SMILES string of the molecule is CC(C)CN(C(=O)CN(Cc1cccs1)C1CC1)c1c(N)n(Cc2ccccc2)c(=O)[nH]c1=O. The van der Waals surface area contributed by atoms with Gasteiger partial charge in [0.2, 0.25) is 5.91 Å². The van der Waals surface area contributed by atoms with Crippen molar-refractivity contribution >= 4 is 28.7 Å². The summed E-state index contributed by atoms with van der Waals surface area (Å²) in [6, 6.07) is 13.8. The average Bonchev–Trinajstić information content (AvgIpc) is 3.52. The van der Waals surface area contributed by atoms with E-state index in [1.165, 1.54) is 14.3 Å². The maximum atomic E-state index is 13.6. The van der Waals surface area contributed by atoms with Crippen LogP contribution in [0.5, 0.6) is 0 Å². The van der Waals surface area contributed by atoms with Crippen molar-refractivity contribution < 1.29 is 4.79 Å². The first-order valence-corrected chi connectivity index (χ1v) is 12.4. The van der Waals surface area contributed by atoms with Crippen molar-refractivity contribution in [2.75, 3.05) is 23.7 Å². The number of rotatable bonds is 10. The summed E-state index contributed by atoms with van der Waals surface area (Å²) < 4.78 is 1.32. The summed E-state index contributed by atoms with van der Waals surface area (Å²) in [6.07, 6.45) is 2.13. The van der Waals surface area contributed by atoms with Gasteiger partial charge in [-0.05, 0) is 35.8 Å². The molecule has 1 amide bonds. The normalized spacial score (nSPS) is 13.5. The summed E-state index contributed by atoms with van der Waals surface area (Å²) >= 11 is 1.67. The molecule has 3 aromatic rings. The van der Waals surface area contributed by atoms with Gasteiger partial charge in [0.25, 0.3) is 5.56 Å². The first-order valence-electron chi connectivity index (χ1n) is 11.6. The highest BCUT2D eigenvalue weighted by atomic mass is 32.1. The zero-order valence-electron chi connectivity index (χ0n) is 19.6. The van der Waals surface area contributed by atoms with Crippen molar-refractivity contribution in [1.82, 2.24) is 14.5 Å². The molecule has 1 fully saturated rings. The fourth-order valence-corrected chi connectivity index (χ4v) is 4.79. The van der Waals surface area contributed by atoms with Gasteiger partial charge >= 0.3 is 5.69 Å². The molecule has 0 radical (unpaired) electrons. The Hall–Kier alpha value is -3.17. The van der Waals surface area contributed by atoms with Gasteiger partial charge in [-0.3, -0.25) is 24.0 Å². The van der Waals surface area contributed by atoms with E-state index in [0.29, 0.717) is 19.1 Å². The number of hydrogen-bond acceptors (Lipinski definition) is 6. The number of aromatic nitrogens is 2. The molecule has 1 aromatic carbocycles. The molecule has 4 rings (SSSR count). The molecule has 0 bridgehead atoms. The van der Waals surface area contributed by atoms with Crippen LogP contribution in [0.2, 0.25) is 0 Å². The molecule has 34 heavy (non-hydrogen) atoms. The monoisotopic (exact) mass is 481 g/mol. The molecule has 1 aliphatic carbocycles. The van der Waals surface area contributed by atoms with Gasteiger partial charge in [0.05, 0.1) is 13.1 Å². The molecule has 0 aliphatic heterocycles. The van der Waals surface area contributed by atoms with Crippen LogP contribution in [0.25, 0.3) is 0 Å². The van der Waals surface area contributed by atoms with Gasteiger partial charge in [0, 0.05) is 24.0 Å². The minimum absolute atomic E-state index is 0.00262. The minimum Gasteiger partial charge on any atom is -0.383 e. The molecule has 180 valence electrons. The predicted octanol–water partition coefficient (Wildman–Crippen LogP) is 2.88. The molecule has 2 aromatic heterocycles. The number of H-pyrrole nitrogens is 1. The van der Waals surface area contributed by atoms with E-state index in [4.69, 9.17) is 5.73 Å². The topological polar surface area (TPSA) is 104 Å². The number of benzene rings is 1. The molecule has 9 heteroatoms. The lowest BCUT2D eigenvalue weighted by Crippen LogP contribution is -2.46. The number of anilines is 2. The third-order valence-electron chi connectivity index (χ3n) is 5.86. The van der Waals surface area contributed by atoms with E-state index >= 15 is 0 Å². The number of nitrogen functional groups attached to an aromatic ring is 1. The molecule has 0 saturated heterocycles. The number of carbonyl (C=O) groups excluding carboxylic acids is 1. The van der Waals surface area contributed by atoms with Crippen molar-refractivity contribution in [1.29, 1.82) is 0 Å². The van der Waals surface area contributed by atoms with Crippen molar-refractivity contribution in [3.63, 3.8) is 0 Å². The van der Waals surface area contributed by atoms with Crippen LogP contribution in [-0.4, -0.2) is 39.5 Å². The second kappa shape index (κ2) is 10.4. The number of aromatic amines is 1. The van der Waals surface area contributed by atoms with Gasteiger partial charge in [0.15, 0.2) is 5.69 Å². The zero-order valence-corrected chi connectivity index (χ0v) is 20.4. The molecule has 3 N–H and O–H groups in total. The van der Waals surface area contributed by atoms with E-state index in [9.17, 15) is 14.4 Å². The Labute approximate surface area is 202 Å². The second-order valence-corrected chi connectivity index (χ2v) is 10.2. The van der Waals surface area contributed by atoms with Crippen LogP contribution in [0.4, 0.5) is 11.5 Å². The van der Waals surface area contributed by atoms with Crippen LogP contribution >= 0.6 is 11.3 Å². The lowest BCUT2D eigenvalue weighted by atomic mass is 10.2. The predicted molar refractivity (Wildman–Crippen MR) is 136 cm³/mol. The Bertz CT molecular complexity index is 1230. The summed E-state index contributed by atoms with van der Waals surface area (Å²) in [6.45, 7) is 5.37. The van der Waals surface area contributed by atoms with Gasteiger partial charge in [0.1, 0.15) is 5.82 Å². The molecule has 0 atom stereocenters. The quantitative estimate of drug-likeness (QED) is 0.463. The summed E-state index contributed by atoms with van der Waals surface area (Å²) in [5, 5.41) is 2.03. The highest BCUT2D eigenvalue weighted by molar-refractivity contribution is 7.09. The summed E-state index contributed by atoms with van der Waals surface area (Å²) in [7, 11) is 0. The van der Waals surface area contributed by atoms with Gasteiger partial charge in [-0.1, -0.05) is 50.2 Å². The molecule has 0 spiro atoms. The van der Waals surface area contributed by atoms with E-state index in [1.54, 1.807) is 11.3 Å². The Kier molecular flexibility index (Phi) is 7.33. The third-order valence-corrected chi connectivity index (χ3v) is 6.72. The summed E-state index contributed by atoms with van der Waals surface area (Å²) in [5.74, 6) is -0.0916. The number of nitrogens with one attached hydrogen (secondary N) is 1. The third kappa shape index (κ3) is 5.66. The molecular weight excluding hydrogens is 450 g/mol. The summed E-state index contributed by atoms with van der Waals surface area (Å²) in [5.41, 5.74) is 6.07. The molecule has 1 saturated carbocycles. The first-order chi connectivity index (χ1) is 16.3. The smallest absolute Gasteiger partial charge is 0.330 e. The van der Waals surface area contributed by atoms with Crippen LogP contribution in [-0.2, 0) is 17.9 Å². The van der Waals surface area contributed by atoms with E-state index in [2.05, 4.69) is 16.0 Å². The lowest BCUT2D eigenvalue weighted by Gasteiger charge is -2.29. The van der Waals surface area contributed by atoms with Crippen LogP contribution in [0, 0.1) is 5.92 Å². The average molecular weight is 482 g/mol. The van der Waals surface area contributed by atoms with E-state index in [0.717, 1.165) is 18.4 Å². The van der Waals surface area contributed by atoms with Crippen LogP contribution in [0.1, 0.15) is 37.1 Å². The number of carbonyl (C=O) groups is 1. The van der Waals surface area contributed by atoms with Gasteiger partial charge in [-0.15, -0.1) is 11.3 Å². The van der Waals surface area contributed by atoms with E-state index in [1.807, 2.05) is 55.6 Å². The summed E-state index contributed by atoms with van der Waals surface area (Å²) in [4.78, 5) is 46.3. The van der Waals surface area contributed by atoms with Gasteiger partial charge < -0.3 is 10.6 Å². The first kappa shape index (κ1) is 24.0. The number of hydrogen-bond donors (Lipinski definition) is 2. The van der Waals surface area contributed by atoms with Crippen molar-refractivity contribution in [3.05, 3.63) is 79.1 Å². The van der Waals surface area contributed by atoms with Crippen LogP contribution < -0.4 is 21.9 Å². The number of thiophene rings is 1. The Morgan fingerprint density at radius 2 is 1.91 bits per heavy atom. The molecule has 0 unspecified atom stereocenters. The molecule has 2 heterocycles. The Morgan fingerprint density at radius 1 is 1.18 bits per heavy atom. The molecular formula is C25H31N5O3S. The van der Waals surface area contributed by atoms with E-state index in [-0.39, 0.29) is 36.4 Å². The number of nitrogens with zero attached hydrogens (tertiary/aromatic N) is 3. The minimum atomic E-state index is -0.642. The largest absolute Gasteiger partial charge is 0.383 e. The van der Waals surface area contributed by atoms with Crippen molar-refractivity contribution in [2.24, 2.45) is 5.92 Å². The fourth-order valence-electron chi connectivity index (χ4n) is 4.06. The maximum absolute atomic E-state index is 13.6. The van der Waals surface area contributed by atoms with Crippen molar-refractivity contribution in [2.45, 2.75) is 45.8 Å². The number of amides is 1.